The summed E-state index contributed by atoms with van der Waals surface area (Å²) < 4.78 is 40.0. The number of carbonyl (C=O) groups is 1. The van der Waals surface area contributed by atoms with Gasteiger partial charge in [-0.1, -0.05) is 42.1 Å². The van der Waals surface area contributed by atoms with Crippen LogP contribution in [0.4, 0.5) is 0 Å². The van der Waals surface area contributed by atoms with Crippen molar-refractivity contribution < 1.29 is 33.2 Å². The Bertz CT molecular complexity index is 1500. The molecule has 5 rings (SSSR count). The highest BCUT2D eigenvalue weighted by atomic mass is 79.9. The topological polar surface area (TPSA) is 103 Å². The number of nitrogens with zero attached hydrogens (tertiary/aromatic N) is 3. The summed E-state index contributed by atoms with van der Waals surface area (Å²) in [5, 5.41) is 11.6. The standard InChI is InChI=1S/C35H48BrN3O7S/c1-19(2)42-30-28(46-33(45-22(7)8)32(44-21(5)6)31(30)43-20(3)4)17-41-29(40)18-47-35-38-37-34(36)39(35)27-16-15-24(23-13-14-23)25-11-9-10-12-26(25)27/h9-12,15-16,19-23,28,30-33H,13-14,17-18H2,1-8H3/t28?,30-,31-,32?,33+/m0/s1. The number of fused-ring (bicyclic) bond motifs is 1. The molecule has 1 aromatic heterocycles. The monoisotopic (exact) mass is 733 g/mol. The first-order chi connectivity index (χ1) is 22.4. The molecule has 1 saturated heterocycles. The Balaban J connectivity index is 1.31. The number of carbonyl (C=O) groups excluding carboxylic acids is 1. The van der Waals surface area contributed by atoms with Gasteiger partial charge in [-0.15, -0.1) is 10.2 Å². The van der Waals surface area contributed by atoms with Gasteiger partial charge in [0.2, 0.25) is 4.73 Å². The molecule has 2 aromatic carbocycles. The van der Waals surface area contributed by atoms with E-state index in [0.29, 0.717) is 15.8 Å². The lowest BCUT2D eigenvalue weighted by molar-refractivity contribution is -0.338. The van der Waals surface area contributed by atoms with E-state index in [0.717, 1.165) is 11.1 Å². The predicted molar refractivity (Wildman–Crippen MR) is 185 cm³/mol. The molecule has 12 heteroatoms. The Hall–Kier alpha value is -2.06. The molecule has 2 fully saturated rings. The van der Waals surface area contributed by atoms with Crippen LogP contribution in [0, 0.1) is 0 Å². The van der Waals surface area contributed by atoms with Gasteiger partial charge in [-0.3, -0.25) is 9.36 Å². The smallest absolute Gasteiger partial charge is 0.316 e. The molecule has 0 N–H and O–H groups in total. The molecule has 0 bridgehead atoms. The van der Waals surface area contributed by atoms with Crippen LogP contribution in [0.2, 0.25) is 0 Å². The highest BCUT2D eigenvalue weighted by Crippen LogP contribution is 2.44. The van der Waals surface area contributed by atoms with E-state index in [2.05, 4.69) is 56.5 Å². The minimum absolute atomic E-state index is 0.0303. The van der Waals surface area contributed by atoms with Crippen LogP contribution in [0.1, 0.15) is 79.7 Å². The van der Waals surface area contributed by atoms with Crippen LogP contribution in [-0.2, 0) is 33.2 Å². The van der Waals surface area contributed by atoms with Crippen LogP contribution < -0.4 is 0 Å². The Morgan fingerprint density at radius 1 is 0.851 bits per heavy atom. The summed E-state index contributed by atoms with van der Waals surface area (Å²) in [6, 6.07) is 12.7. The fraction of sp³-hybridized carbons (Fsp3) is 0.629. The second kappa shape index (κ2) is 16.1. The summed E-state index contributed by atoms with van der Waals surface area (Å²) >= 11 is 4.84. The van der Waals surface area contributed by atoms with Crippen molar-refractivity contribution in [2.45, 2.75) is 134 Å². The maximum atomic E-state index is 13.2. The van der Waals surface area contributed by atoms with E-state index in [1.165, 1.54) is 35.6 Å². The minimum Gasteiger partial charge on any atom is -0.462 e. The van der Waals surface area contributed by atoms with Crippen LogP contribution >= 0.6 is 27.7 Å². The normalized spacial score (nSPS) is 23.5. The van der Waals surface area contributed by atoms with Crippen LogP contribution in [0.25, 0.3) is 16.5 Å². The molecule has 0 spiro atoms. The lowest BCUT2D eigenvalue weighted by atomic mass is 9.97. The van der Waals surface area contributed by atoms with Crippen molar-refractivity contribution in [2.24, 2.45) is 0 Å². The van der Waals surface area contributed by atoms with Crippen LogP contribution in [0.5, 0.6) is 0 Å². The van der Waals surface area contributed by atoms with Gasteiger partial charge >= 0.3 is 5.97 Å². The van der Waals surface area contributed by atoms with Gasteiger partial charge < -0.3 is 28.4 Å². The summed E-state index contributed by atoms with van der Waals surface area (Å²) in [5.41, 5.74) is 2.33. The number of thioether (sulfide) groups is 1. The van der Waals surface area contributed by atoms with Gasteiger partial charge in [-0.25, -0.2) is 0 Å². The largest absolute Gasteiger partial charge is 0.462 e. The molecule has 10 nitrogen and oxygen atoms in total. The number of halogens is 1. The molecule has 1 saturated carbocycles. The van der Waals surface area contributed by atoms with Gasteiger partial charge in [0.05, 0.1) is 35.9 Å². The number of hydrogen-bond acceptors (Lipinski definition) is 10. The molecule has 2 heterocycles. The minimum atomic E-state index is -0.733. The molecular formula is C35H48BrN3O7S. The van der Waals surface area contributed by atoms with E-state index in [1.54, 1.807) is 0 Å². The number of aromatic nitrogens is 3. The van der Waals surface area contributed by atoms with Crippen LogP contribution in [0.15, 0.2) is 46.3 Å². The lowest BCUT2D eigenvalue weighted by Crippen LogP contribution is -2.63. The first-order valence-corrected chi connectivity index (χ1v) is 18.4. The first-order valence-electron chi connectivity index (χ1n) is 16.6. The number of esters is 1. The van der Waals surface area contributed by atoms with Crippen molar-refractivity contribution in [1.82, 2.24) is 14.8 Å². The van der Waals surface area contributed by atoms with Gasteiger partial charge in [0.15, 0.2) is 11.4 Å². The third kappa shape index (κ3) is 9.14. The van der Waals surface area contributed by atoms with E-state index in [4.69, 9.17) is 28.4 Å². The molecule has 3 aromatic rings. The molecular weight excluding hydrogens is 686 g/mol. The molecule has 1 aliphatic carbocycles. The van der Waals surface area contributed by atoms with Gasteiger partial charge in [0, 0.05) is 5.39 Å². The predicted octanol–water partition coefficient (Wildman–Crippen LogP) is 7.23. The Morgan fingerprint density at radius 2 is 1.47 bits per heavy atom. The zero-order valence-electron chi connectivity index (χ0n) is 28.6. The average Bonchev–Trinajstić information content (AvgIpc) is 3.78. The fourth-order valence-electron chi connectivity index (χ4n) is 5.94. The SMILES string of the molecule is CC(C)OC1[C@H](OC(C)C)OC(COC(=O)CSc2nnc(Br)n2-c2ccc(C3CC3)c3ccccc23)[C@H](OC(C)C)[C@@H]1OC(C)C. The third-order valence-corrected chi connectivity index (χ3v) is 9.22. The molecule has 2 aliphatic rings. The van der Waals surface area contributed by atoms with E-state index in [1.807, 2.05) is 66.0 Å². The van der Waals surface area contributed by atoms with Crippen molar-refractivity contribution in [1.29, 1.82) is 0 Å². The third-order valence-electron chi connectivity index (χ3n) is 7.80. The zero-order chi connectivity index (χ0) is 33.8. The summed E-state index contributed by atoms with van der Waals surface area (Å²) in [5.74, 6) is 0.237. The molecule has 47 heavy (non-hydrogen) atoms. The van der Waals surface area contributed by atoms with Gasteiger partial charge in [-0.2, -0.15) is 0 Å². The molecule has 5 atom stereocenters. The second-order valence-corrected chi connectivity index (χ2v) is 14.9. The van der Waals surface area contributed by atoms with Gasteiger partial charge in [0.25, 0.3) is 0 Å². The highest BCUT2D eigenvalue weighted by Gasteiger charge is 2.50. The molecule has 0 amide bonds. The summed E-state index contributed by atoms with van der Waals surface area (Å²) in [6.07, 6.45) is -0.976. The van der Waals surface area contributed by atoms with E-state index in [-0.39, 0.29) is 36.8 Å². The average molecular weight is 735 g/mol. The summed E-state index contributed by atoms with van der Waals surface area (Å²) in [4.78, 5) is 13.2. The second-order valence-electron chi connectivity index (χ2n) is 13.2. The fourth-order valence-corrected chi connectivity index (χ4v) is 7.24. The molecule has 258 valence electrons. The molecule has 0 radical (unpaired) electrons. The number of hydrogen-bond donors (Lipinski definition) is 0. The summed E-state index contributed by atoms with van der Waals surface area (Å²) in [6.45, 7) is 15.6. The van der Waals surface area contributed by atoms with Crippen LogP contribution in [-0.4, -0.2) is 88.2 Å². The zero-order valence-corrected chi connectivity index (χ0v) is 31.0. The number of benzene rings is 2. The van der Waals surface area contributed by atoms with E-state index >= 15 is 0 Å². The van der Waals surface area contributed by atoms with Crippen molar-refractivity contribution in [3.8, 4) is 5.69 Å². The van der Waals surface area contributed by atoms with Crippen molar-refractivity contribution in [3.63, 3.8) is 0 Å². The number of rotatable bonds is 15. The Kier molecular flexibility index (Phi) is 12.4. The molecule has 2 unspecified atom stereocenters. The maximum absolute atomic E-state index is 13.2. The van der Waals surface area contributed by atoms with E-state index < -0.39 is 36.7 Å². The summed E-state index contributed by atoms with van der Waals surface area (Å²) in [7, 11) is 0. The number of ether oxygens (including phenoxy) is 6. The lowest BCUT2D eigenvalue weighted by Gasteiger charge is -2.47. The van der Waals surface area contributed by atoms with Crippen LogP contribution in [0.3, 0.4) is 0 Å². The quantitative estimate of drug-likeness (QED) is 0.117. The van der Waals surface area contributed by atoms with E-state index in [9.17, 15) is 4.79 Å². The van der Waals surface area contributed by atoms with Gasteiger partial charge in [0.1, 0.15) is 31.0 Å². The van der Waals surface area contributed by atoms with Crippen molar-refractivity contribution >= 4 is 44.4 Å². The highest BCUT2D eigenvalue weighted by molar-refractivity contribution is 9.10. The van der Waals surface area contributed by atoms with Crippen molar-refractivity contribution in [3.05, 3.63) is 46.7 Å². The molecule has 1 aliphatic heterocycles. The van der Waals surface area contributed by atoms with Gasteiger partial charge in [-0.05, 0) is 107 Å². The first kappa shape index (κ1) is 36.2. The maximum Gasteiger partial charge on any atom is 0.316 e. The van der Waals surface area contributed by atoms with Crippen molar-refractivity contribution in [2.75, 3.05) is 12.4 Å². The Morgan fingerprint density at radius 3 is 2.11 bits per heavy atom. The Labute approximate surface area is 290 Å².